The summed E-state index contributed by atoms with van der Waals surface area (Å²) in [6, 6.07) is 7.84. The van der Waals surface area contributed by atoms with Crippen LogP contribution in [-0.2, 0) is 0 Å². The molecule has 0 spiro atoms. The molecular weight excluding hydrogens is 238 g/mol. The van der Waals surface area contributed by atoms with E-state index in [-0.39, 0.29) is 5.91 Å². The van der Waals surface area contributed by atoms with Crippen molar-refractivity contribution in [3.05, 3.63) is 29.8 Å². The topological polar surface area (TPSA) is 35.6 Å². The third-order valence-electron chi connectivity index (χ3n) is 3.68. The third kappa shape index (κ3) is 3.26. The standard InChI is InChI=1S/C15H23N3O/c1-16-10-12-7-8-18(11-12)15(19)13-5-4-6-14(9-13)17(2)3/h4-6,9,12,16H,7-8,10-11H2,1-3H3. The van der Waals surface area contributed by atoms with E-state index in [4.69, 9.17) is 0 Å². The van der Waals surface area contributed by atoms with E-state index in [0.717, 1.165) is 37.3 Å². The monoisotopic (exact) mass is 261 g/mol. The predicted molar refractivity (Wildman–Crippen MR) is 78.7 cm³/mol. The number of carbonyl (C=O) groups is 1. The highest BCUT2D eigenvalue weighted by Gasteiger charge is 2.26. The maximum absolute atomic E-state index is 12.5. The van der Waals surface area contributed by atoms with E-state index in [0.29, 0.717) is 5.92 Å². The van der Waals surface area contributed by atoms with E-state index in [2.05, 4.69) is 5.32 Å². The summed E-state index contributed by atoms with van der Waals surface area (Å²) in [6.45, 7) is 2.73. The van der Waals surface area contributed by atoms with E-state index in [9.17, 15) is 4.79 Å². The summed E-state index contributed by atoms with van der Waals surface area (Å²) in [5.74, 6) is 0.744. The zero-order chi connectivity index (χ0) is 13.8. The zero-order valence-electron chi connectivity index (χ0n) is 12.0. The molecule has 1 N–H and O–H groups in total. The van der Waals surface area contributed by atoms with Crippen molar-refractivity contribution in [3.8, 4) is 0 Å². The summed E-state index contributed by atoms with van der Waals surface area (Å²) >= 11 is 0. The molecule has 1 aromatic rings. The van der Waals surface area contributed by atoms with Gasteiger partial charge in [-0.15, -0.1) is 0 Å². The number of nitrogens with zero attached hydrogens (tertiary/aromatic N) is 2. The number of likely N-dealkylation sites (tertiary alicyclic amines) is 1. The summed E-state index contributed by atoms with van der Waals surface area (Å²) in [7, 11) is 5.94. The molecule has 1 fully saturated rings. The van der Waals surface area contributed by atoms with E-state index in [1.807, 2.05) is 55.2 Å². The SMILES string of the molecule is CNCC1CCN(C(=O)c2cccc(N(C)C)c2)C1. The molecule has 1 heterocycles. The number of rotatable bonds is 4. The molecule has 0 radical (unpaired) electrons. The van der Waals surface area contributed by atoms with Gasteiger partial charge >= 0.3 is 0 Å². The molecule has 1 aliphatic rings. The second-order valence-electron chi connectivity index (χ2n) is 5.41. The van der Waals surface area contributed by atoms with Crippen LogP contribution < -0.4 is 10.2 Å². The van der Waals surface area contributed by atoms with Gasteiger partial charge < -0.3 is 15.1 Å². The molecule has 4 heteroatoms. The molecule has 0 aromatic heterocycles. The number of hydrogen-bond acceptors (Lipinski definition) is 3. The van der Waals surface area contributed by atoms with Crippen LogP contribution in [0.15, 0.2) is 24.3 Å². The Morgan fingerprint density at radius 1 is 1.47 bits per heavy atom. The van der Waals surface area contributed by atoms with Crippen molar-refractivity contribution < 1.29 is 4.79 Å². The van der Waals surface area contributed by atoms with Gasteiger partial charge in [0.1, 0.15) is 0 Å². The Morgan fingerprint density at radius 2 is 2.26 bits per heavy atom. The molecule has 4 nitrogen and oxygen atoms in total. The van der Waals surface area contributed by atoms with Gasteiger partial charge in [-0.1, -0.05) is 6.07 Å². The first kappa shape index (κ1) is 13.9. The highest BCUT2D eigenvalue weighted by Crippen LogP contribution is 2.20. The van der Waals surface area contributed by atoms with Crippen molar-refractivity contribution in [2.45, 2.75) is 6.42 Å². The molecule has 1 aliphatic heterocycles. The highest BCUT2D eigenvalue weighted by molar-refractivity contribution is 5.95. The lowest BCUT2D eigenvalue weighted by atomic mass is 10.1. The van der Waals surface area contributed by atoms with E-state index >= 15 is 0 Å². The lowest BCUT2D eigenvalue weighted by Crippen LogP contribution is -2.30. The first-order valence-electron chi connectivity index (χ1n) is 6.83. The van der Waals surface area contributed by atoms with Crippen molar-refractivity contribution in [3.63, 3.8) is 0 Å². The van der Waals surface area contributed by atoms with Gasteiger partial charge in [-0.05, 0) is 44.1 Å². The first-order valence-corrected chi connectivity index (χ1v) is 6.83. The Balaban J connectivity index is 2.06. The van der Waals surface area contributed by atoms with Crippen LogP contribution in [0.3, 0.4) is 0 Å². The average molecular weight is 261 g/mol. The van der Waals surface area contributed by atoms with Crippen molar-refractivity contribution in [2.75, 3.05) is 45.7 Å². The number of carbonyl (C=O) groups excluding carboxylic acids is 1. The van der Waals surface area contributed by atoms with Crippen LogP contribution in [0.4, 0.5) is 5.69 Å². The van der Waals surface area contributed by atoms with Crippen molar-refractivity contribution in [1.82, 2.24) is 10.2 Å². The van der Waals surface area contributed by atoms with Gasteiger partial charge in [0.05, 0.1) is 0 Å². The number of hydrogen-bond donors (Lipinski definition) is 1. The second kappa shape index (κ2) is 6.06. The predicted octanol–water partition coefficient (Wildman–Crippen LogP) is 1.43. The minimum absolute atomic E-state index is 0.155. The second-order valence-corrected chi connectivity index (χ2v) is 5.41. The fourth-order valence-electron chi connectivity index (χ4n) is 2.57. The average Bonchev–Trinajstić information content (AvgIpc) is 2.87. The van der Waals surface area contributed by atoms with Crippen LogP contribution in [0.2, 0.25) is 0 Å². The van der Waals surface area contributed by atoms with E-state index < -0.39 is 0 Å². The van der Waals surface area contributed by atoms with Gasteiger partial charge in [0, 0.05) is 38.4 Å². The third-order valence-corrected chi connectivity index (χ3v) is 3.68. The van der Waals surface area contributed by atoms with Crippen LogP contribution in [0, 0.1) is 5.92 Å². The summed E-state index contributed by atoms with van der Waals surface area (Å²) in [5.41, 5.74) is 1.85. The Bertz CT molecular complexity index is 445. The van der Waals surface area contributed by atoms with Crippen molar-refractivity contribution in [2.24, 2.45) is 5.92 Å². The smallest absolute Gasteiger partial charge is 0.253 e. The molecule has 1 atom stereocenters. The number of amides is 1. The maximum atomic E-state index is 12.5. The largest absolute Gasteiger partial charge is 0.378 e. The van der Waals surface area contributed by atoms with E-state index in [1.54, 1.807) is 0 Å². The fraction of sp³-hybridized carbons (Fsp3) is 0.533. The molecule has 1 amide bonds. The van der Waals surface area contributed by atoms with Gasteiger partial charge in [-0.25, -0.2) is 0 Å². The Morgan fingerprint density at radius 3 is 2.95 bits per heavy atom. The summed E-state index contributed by atoms with van der Waals surface area (Å²) in [6.07, 6.45) is 1.10. The van der Waals surface area contributed by atoms with Crippen LogP contribution >= 0.6 is 0 Å². The molecule has 1 unspecified atom stereocenters. The first-order chi connectivity index (χ1) is 9.11. The zero-order valence-corrected chi connectivity index (χ0v) is 12.0. The van der Waals surface area contributed by atoms with Gasteiger partial charge in [-0.3, -0.25) is 4.79 Å². The quantitative estimate of drug-likeness (QED) is 0.890. The van der Waals surface area contributed by atoms with Gasteiger partial charge in [-0.2, -0.15) is 0 Å². The minimum atomic E-state index is 0.155. The van der Waals surface area contributed by atoms with Crippen LogP contribution in [0.1, 0.15) is 16.8 Å². The van der Waals surface area contributed by atoms with Crippen molar-refractivity contribution >= 4 is 11.6 Å². The molecule has 2 rings (SSSR count). The van der Waals surface area contributed by atoms with Crippen LogP contribution in [-0.4, -0.2) is 51.6 Å². The highest BCUT2D eigenvalue weighted by atomic mass is 16.2. The summed E-state index contributed by atoms with van der Waals surface area (Å²) in [5, 5.41) is 3.19. The fourth-order valence-corrected chi connectivity index (χ4v) is 2.57. The number of benzene rings is 1. The number of nitrogens with one attached hydrogen (secondary N) is 1. The van der Waals surface area contributed by atoms with Crippen LogP contribution in [0.5, 0.6) is 0 Å². The molecule has 1 saturated heterocycles. The van der Waals surface area contributed by atoms with Crippen molar-refractivity contribution in [1.29, 1.82) is 0 Å². The molecule has 0 saturated carbocycles. The van der Waals surface area contributed by atoms with Crippen LogP contribution in [0.25, 0.3) is 0 Å². The van der Waals surface area contributed by atoms with Gasteiger partial charge in [0.25, 0.3) is 5.91 Å². The Kier molecular flexibility index (Phi) is 4.43. The van der Waals surface area contributed by atoms with Gasteiger partial charge in [0.15, 0.2) is 0 Å². The lowest BCUT2D eigenvalue weighted by molar-refractivity contribution is 0.0787. The normalized spacial score (nSPS) is 18.7. The van der Waals surface area contributed by atoms with Gasteiger partial charge in [0.2, 0.25) is 0 Å². The summed E-state index contributed by atoms with van der Waals surface area (Å²) in [4.78, 5) is 16.4. The molecule has 19 heavy (non-hydrogen) atoms. The molecular formula is C15H23N3O. The maximum Gasteiger partial charge on any atom is 0.253 e. The molecule has 104 valence electrons. The molecule has 0 bridgehead atoms. The summed E-state index contributed by atoms with van der Waals surface area (Å²) < 4.78 is 0. The van der Waals surface area contributed by atoms with E-state index in [1.165, 1.54) is 0 Å². The number of anilines is 1. The Hall–Kier alpha value is -1.55. The Labute approximate surface area is 115 Å². The molecule has 0 aliphatic carbocycles. The lowest BCUT2D eigenvalue weighted by Gasteiger charge is -2.18. The molecule has 1 aromatic carbocycles. The minimum Gasteiger partial charge on any atom is -0.378 e.